The smallest absolute Gasteiger partial charge is 0.327 e. The summed E-state index contributed by atoms with van der Waals surface area (Å²) < 4.78 is 5.09. The third kappa shape index (κ3) is 5.13. The maximum atomic E-state index is 11.1. The Labute approximate surface area is 107 Å². The summed E-state index contributed by atoms with van der Waals surface area (Å²) in [6, 6.07) is 7.82. The van der Waals surface area contributed by atoms with Crippen LogP contribution in [0.25, 0.3) is 0 Å². The summed E-state index contributed by atoms with van der Waals surface area (Å²) in [4.78, 5) is 17.5. The normalized spacial score (nSPS) is 10.4. The molecule has 6 nitrogen and oxygen atoms in total. The van der Waals surface area contributed by atoms with Gasteiger partial charge in [-0.2, -0.15) is 0 Å². The van der Waals surface area contributed by atoms with Crippen LogP contribution in [-0.4, -0.2) is 31.6 Å². The van der Waals surface area contributed by atoms with Crippen molar-refractivity contribution in [2.45, 2.75) is 13.0 Å². The van der Waals surface area contributed by atoms with E-state index in [1.54, 1.807) is 7.11 Å². The molecule has 0 aliphatic rings. The van der Waals surface area contributed by atoms with Crippen molar-refractivity contribution in [3.8, 4) is 5.75 Å². The first-order valence-electron chi connectivity index (χ1n) is 5.62. The van der Waals surface area contributed by atoms with Crippen molar-refractivity contribution in [2.24, 2.45) is 5.84 Å². The Hall–Kier alpha value is -1.63. The molecule has 1 rings (SSSR count). The molecule has 0 aliphatic carbocycles. The van der Waals surface area contributed by atoms with Crippen molar-refractivity contribution in [1.82, 2.24) is 10.5 Å². The van der Waals surface area contributed by atoms with E-state index in [9.17, 15) is 4.79 Å². The molecule has 100 valence electrons. The molecule has 0 saturated heterocycles. The SMILES string of the molecule is COc1ccc(CN(C)CCC(=O)ONN)cc1. The second kappa shape index (κ2) is 7.65. The number of ether oxygens (including phenoxy) is 1. The molecule has 0 bridgehead atoms. The monoisotopic (exact) mass is 253 g/mol. The van der Waals surface area contributed by atoms with Gasteiger partial charge in [0, 0.05) is 13.1 Å². The number of hydrazine groups is 1. The van der Waals surface area contributed by atoms with E-state index in [1.165, 1.54) is 0 Å². The van der Waals surface area contributed by atoms with Gasteiger partial charge in [0.15, 0.2) is 0 Å². The molecule has 0 amide bonds. The van der Waals surface area contributed by atoms with Crippen LogP contribution in [0.5, 0.6) is 5.75 Å². The zero-order valence-electron chi connectivity index (χ0n) is 10.7. The highest BCUT2D eigenvalue weighted by Gasteiger charge is 2.06. The van der Waals surface area contributed by atoms with E-state index in [1.807, 2.05) is 41.8 Å². The van der Waals surface area contributed by atoms with Gasteiger partial charge in [0.1, 0.15) is 5.75 Å². The third-order valence-electron chi connectivity index (χ3n) is 2.48. The first kappa shape index (κ1) is 14.4. The van der Waals surface area contributed by atoms with Gasteiger partial charge in [-0.25, -0.2) is 5.84 Å². The average Bonchev–Trinajstić information content (AvgIpc) is 2.38. The predicted octanol–water partition coefficient (Wildman–Crippen LogP) is 0.439. The van der Waals surface area contributed by atoms with Gasteiger partial charge >= 0.3 is 5.97 Å². The molecule has 1 aromatic rings. The standard InChI is InChI=1S/C12H19N3O3/c1-15(8-7-12(16)18-14-13)9-10-3-5-11(17-2)6-4-10/h3-6,14H,7-9,13H2,1-2H3. The molecule has 1 aromatic carbocycles. The van der Waals surface area contributed by atoms with Crippen LogP contribution >= 0.6 is 0 Å². The maximum absolute atomic E-state index is 11.1. The summed E-state index contributed by atoms with van der Waals surface area (Å²) in [5, 5.41) is 0. The fourth-order valence-corrected chi connectivity index (χ4v) is 1.52. The van der Waals surface area contributed by atoms with Crippen LogP contribution in [0.3, 0.4) is 0 Å². The molecule has 6 heteroatoms. The number of benzene rings is 1. The van der Waals surface area contributed by atoms with Gasteiger partial charge in [-0.3, -0.25) is 4.79 Å². The average molecular weight is 253 g/mol. The lowest BCUT2D eigenvalue weighted by molar-refractivity contribution is -0.151. The van der Waals surface area contributed by atoms with Crippen molar-refractivity contribution < 1.29 is 14.4 Å². The minimum Gasteiger partial charge on any atom is -0.497 e. The fourth-order valence-electron chi connectivity index (χ4n) is 1.52. The number of nitrogens with two attached hydrogens (primary N) is 1. The van der Waals surface area contributed by atoms with Crippen LogP contribution in [-0.2, 0) is 16.2 Å². The molecule has 0 heterocycles. The number of hydrogen-bond donors (Lipinski definition) is 2. The largest absolute Gasteiger partial charge is 0.497 e. The maximum Gasteiger partial charge on any atom is 0.327 e. The molecule has 0 unspecified atom stereocenters. The van der Waals surface area contributed by atoms with Gasteiger partial charge in [-0.05, 0) is 24.7 Å². The molecule has 0 radical (unpaired) electrons. The van der Waals surface area contributed by atoms with E-state index < -0.39 is 0 Å². The Bertz CT molecular complexity index is 367. The molecule has 0 spiro atoms. The van der Waals surface area contributed by atoms with Crippen molar-refractivity contribution in [3.05, 3.63) is 29.8 Å². The molecule has 0 aliphatic heterocycles. The number of methoxy groups -OCH3 is 1. The number of nitrogens with one attached hydrogen (secondary N) is 1. The number of carbonyl (C=O) groups is 1. The van der Waals surface area contributed by atoms with Crippen LogP contribution in [0, 0.1) is 0 Å². The Kier molecular flexibility index (Phi) is 6.13. The fraction of sp³-hybridized carbons (Fsp3) is 0.417. The highest BCUT2D eigenvalue weighted by Crippen LogP contribution is 2.12. The van der Waals surface area contributed by atoms with E-state index in [0.29, 0.717) is 6.54 Å². The number of rotatable bonds is 7. The summed E-state index contributed by atoms with van der Waals surface area (Å²) in [6.07, 6.45) is 0.289. The van der Waals surface area contributed by atoms with E-state index in [0.717, 1.165) is 17.9 Å². The Morgan fingerprint density at radius 2 is 2.06 bits per heavy atom. The number of nitrogens with zero attached hydrogens (tertiary/aromatic N) is 1. The molecule has 0 aromatic heterocycles. The Morgan fingerprint density at radius 3 is 2.61 bits per heavy atom. The van der Waals surface area contributed by atoms with Gasteiger partial charge in [0.2, 0.25) is 0 Å². The lowest BCUT2D eigenvalue weighted by Gasteiger charge is -2.16. The summed E-state index contributed by atoms with van der Waals surface area (Å²) in [6.45, 7) is 1.36. The van der Waals surface area contributed by atoms with Gasteiger partial charge < -0.3 is 14.5 Å². The van der Waals surface area contributed by atoms with E-state index in [-0.39, 0.29) is 12.4 Å². The molecule has 3 N–H and O–H groups in total. The highest BCUT2D eigenvalue weighted by molar-refractivity contribution is 5.69. The Morgan fingerprint density at radius 1 is 1.39 bits per heavy atom. The van der Waals surface area contributed by atoms with Crippen molar-refractivity contribution in [1.29, 1.82) is 0 Å². The first-order valence-corrected chi connectivity index (χ1v) is 5.62. The molecule has 0 atom stereocenters. The topological polar surface area (TPSA) is 76.8 Å². The zero-order valence-corrected chi connectivity index (χ0v) is 10.7. The number of hydrogen-bond acceptors (Lipinski definition) is 6. The second-order valence-electron chi connectivity index (χ2n) is 3.93. The van der Waals surface area contributed by atoms with E-state index in [4.69, 9.17) is 10.6 Å². The van der Waals surface area contributed by atoms with Crippen LogP contribution in [0.4, 0.5) is 0 Å². The summed E-state index contributed by atoms with van der Waals surface area (Å²) in [7, 11) is 3.58. The quantitative estimate of drug-likeness (QED) is 0.542. The first-order chi connectivity index (χ1) is 8.65. The molecular weight excluding hydrogens is 234 g/mol. The van der Waals surface area contributed by atoms with Gasteiger partial charge in [-0.15, -0.1) is 0 Å². The van der Waals surface area contributed by atoms with Crippen LogP contribution in [0.2, 0.25) is 0 Å². The zero-order chi connectivity index (χ0) is 13.4. The minimum absolute atomic E-state index is 0.289. The minimum atomic E-state index is -0.376. The van der Waals surface area contributed by atoms with E-state index in [2.05, 4.69) is 4.84 Å². The van der Waals surface area contributed by atoms with Crippen LogP contribution < -0.4 is 16.2 Å². The van der Waals surface area contributed by atoms with E-state index >= 15 is 0 Å². The molecular formula is C12H19N3O3. The van der Waals surface area contributed by atoms with Gasteiger partial charge in [0.25, 0.3) is 0 Å². The van der Waals surface area contributed by atoms with Crippen molar-refractivity contribution in [2.75, 3.05) is 20.7 Å². The summed E-state index contributed by atoms with van der Waals surface area (Å²) in [5.41, 5.74) is 3.03. The third-order valence-corrected chi connectivity index (χ3v) is 2.48. The van der Waals surface area contributed by atoms with Crippen LogP contribution in [0.15, 0.2) is 24.3 Å². The van der Waals surface area contributed by atoms with Crippen molar-refractivity contribution >= 4 is 5.97 Å². The van der Waals surface area contributed by atoms with Crippen LogP contribution in [0.1, 0.15) is 12.0 Å². The predicted molar refractivity (Wildman–Crippen MR) is 67.4 cm³/mol. The number of carbonyl (C=O) groups excluding carboxylic acids is 1. The molecule has 0 fully saturated rings. The lowest BCUT2D eigenvalue weighted by Crippen LogP contribution is -2.29. The highest BCUT2D eigenvalue weighted by atomic mass is 16.7. The summed E-state index contributed by atoms with van der Waals surface area (Å²) >= 11 is 0. The molecule has 0 saturated carbocycles. The summed E-state index contributed by atoms with van der Waals surface area (Å²) in [5.74, 6) is 5.32. The Balaban J connectivity index is 2.34. The lowest BCUT2D eigenvalue weighted by atomic mass is 10.2. The van der Waals surface area contributed by atoms with Gasteiger partial charge in [-0.1, -0.05) is 17.7 Å². The molecule has 18 heavy (non-hydrogen) atoms. The van der Waals surface area contributed by atoms with Crippen molar-refractivity contribution in [3.63, 3.8) is 0 Å². The van der Waals surface area contributed by atoms with Gasteiger partial charge in [0.05, 0.1) is 13.5 Å². The second-order valence-corrected chi connectivity index (χ2v) is 3.93.